The highest BCUT2D eigenvalue weighted by Crippen LogP contribution is 2.15. The van der Waals surface area contributed by atoms with Gasteiger partial charge in [-0.25, -0.2) is 0 Å². The minimum absolute atomic E-state index is 0.0974. The molecule has 0 saturated carbocycles. The molecule has 0 aromatic heterocycles. The van der Waals surface area contributed by atoms with Crippen molar-refractivity contribution in [3.63, 3.8) is 0 Å². The molecule has 0 unspecified atom stereocenters. The first-order valence-electron chi connectivity index (χ1n) is 4.94. The van der Waals surface area contributed by atoms with E-state index < -0.39 is 0 Å². The van der Waals surface area contributed by atoms with Crippen molar-refractivity contribution in [2.45, 2.75) is 25.8 Å². The summed E-state index contributed by atoms with van der Waals surface area (Å²) < 4.78 is 0. The van der Waals surface area contributed by atoms with Crippen LogP contribution in [0.2, 0.25) is 0 Å². The molecule has 1 heterocycles. The molecule has 2 atom stereocenters. The molecule has 0 aromatic carbocycles. The molecule has 1 rings (SSSR count). The summed E-state index contributed by atoms with van der Waals surface area (Å²) in [5.41, 5.74) is 0. The van der Waals surface area contributed by atoms with Gasteiger partial charge in [0.15, 0.2) is 0 Å². The molecule has 0 spiro atoms. The Morgan fingerprint density at radius 3 is 3.00 bits per heavy atom. The Morgan fingerprint density at radius 1 is 1.71 bits per heavy atom. The monoisotopic (exact) mass is 216 g/mol. The predicted octanol–water partition coefficient (Wildman–Crippen LogP) is 1.24. The van der Waals surface area contributed by atoms with Crippen LogP contribution in [-0.4, -0.2) is 25.0 Å². The Balaban J connectivity index is 2.32. The van der Waals surface area contributed by atoms with E-state index in [2.05, 4.69) is 24.1 Å². The summed E-state index contributed by atoms with van der Waals surface area (Å²) >= 11 is 5.57. The molecule has 1 saturated heterocycles. The lowest BCUT2D eigenvalue weighted by Gasteiger charge is -2.27. The van der Waals surface area contributed by atoms with E-state index in [0.29, 0.717) is 17.6 Å². The zero-order valence-corrected chi connectivity index (χ0v) is 9.23. The molecule has 1 fully saturated rings. The summed E-state index contributed by atoms with van der Waals surface area (Å²) in [6.45, 7) is 6.91. The average Bonchev–Trinajstić information content (AvgIpc) is 2.14. The Bertz CT molecular complexity index is 230. The number of carbonyl (C=O) groups is 1. The molecule has 14 heavy (non-hydrogen) atoms. The van der Waals surface area contributed by atoms with Crippen LogP contribution in [0.15, 0.2) is 11.6 Å². The van der Waals surface area contributed by atoms with E-state index >= 15 is 0 Å². The van der Waals surface area contributed by atoms with Crippen molar-refractivity contribution >= 4 is 17.5 Å². The van der Waals surface area contributed by atoms with Crippen molar-refractivity contribution in [1.29, 1.82) is 0 Å². The molecule has 0 radical (unpaired) electrons. The normalized spacial score (nSPS) is 27.0. The number of hydrogen-bond donors (Lipinski definition) is 2. The number of amides is 1. The molecule has 0 aromatic rings. The quantitative estimate of drug-likeness (QED) is 0.746. The maximum Gasteiger partial charge on any atom is 0.223 e. The number of nitrogens with one attached hydrogen (secondary N) is 2. The lowest BCUT2D eigenvalue weighted by atomic mass is 9.92. The van der Waals surface area contributed by atoms with Crippen LogP contribution in [0, 0.1) is 5.92 Å². The highest BCUT2D eigenvalue weighted by molar-refractivity contribution is 6.29. The van der Waals surface area contributed by atoms with Crippen LogP contribution >= 0.6 is 11.6 Å². The zero-order chi connectivity index (χ0) is 10.6. The highest BCUT2D eigenvalue weighted by Gasteiger charge is 2.24. The van der Waals surface area contributed by atoms with Gasteiger partial charge in [-0.2, -0.15) is 0 Å². The second-order valence-corrected chi connectivity index (χ2v) is 4.35. The lowest BCUT2D eigenvalue weighted by molar-refractivity contribution is -0.125. The Labute approximate surface area is 89.9 Å². The fourth-order valence-corrected chi connectivity index (χ4v) is 1.76. The fraction of sp³-hybridized carbons (Fsp3) is 0.700. The highest BCUT2D eigenvalue weighted by atomic mass is 35.5. The third-order valence-corrected chi connectivity index (χ3v) is 2.58. The smallest absolute Gasteiger partial charge is 0.223 e. The fourth-order valence-electron chi connectivity index (χ4n) is 1.70. The summed E-state index contributed by atoms with van der Waals surface area (Å²) in [6.07, 6.45) is 1.81. The number of piperidine rings is 1. The van der Waals surface area contributed by atoms with Gasteiger partial charge in [-0.05, 0) is 26.3 Å². The largest absolute Gasteiger partial charge is 0.351 e. The second-order valence-electron chi connectivity index (χ2n) is 3.81. The summed E-state index contributed by atoms with van der Waals surface area (Å²) in [5.74, 6) is 0.224. The first kappa shape index (κ1) is 11.5. The minimum Gasteiger partial charge on any atom is -0.351 e. The van der Waals surface area contributed by atoms with Crippen LogP contribution in [0.4, 0.5) is 0 Å². The molecular weight excluding hydrogens is 200 g/mol. The average molecular weight is 217 g/mol. The number of halogens is 1. The zero-order valence-electron chi connectivity index (χ0n) is 8.48. The van der Waals surface area contributed by atoms with Crippen LogP contribution in [0.25, 0.3) is 0 Å². The maximum atomic E-state index is 11.6. The van der Waals surface area contributed by atoms with Gasteiger partial charge in [0.2, 0.25) is 5.91 Å². The standard InChI is InChI=1S/C10H17ClN2O/c1-7(11)6-13-10(14)9-3-4-12-8(2)5-9/h8-9,12H,1,3-6H2,2H3,(H,13,14)/t8-,9-/m0/s1. The molecule has 2 N–H and O–H groups in total. The Hall–Kier alpha value is -0.540. The van der Waals surface area contributed by atoms with Crippen molar-refractivity contribution in [2.24, 2.45) is 5.92 Å². The molecule has 1 aliphatic heterocycles. The molecule has 1 aliphatic rings. The summed E-state index contributed by atoms with van der Waals surface area (Å²) in [6, 6.07) is 0.429. The van der Waals surface area contributed by atoms with E-state index in [1.165, 1.54) is 0 Å². The van der Waals surface area contributed by atoms with Gasteiger partial charge in [0.25, 0.3) is 0 Å². The van der Waals surface area contributed by atoms with Gasteiger partial charge in [0.05, 0.1) is 6.54 Å². The van der Waals surface area contributed by atoms with Gasteiger partial charge < -0.3 is 10.6 Å². The van der Waals surface area contributed by atoms with Crippen LogP contribution in [-0.2, 0) is 4.79 Å². The number of carbonyl (C=O) groups excluding carboxylic acids is 1. The van der Waals surface area contributed by atoms with Crippen molar-refractivity contribution < 1.29 is 4.79 Å². The third-order valence-electron chi connectivity index (χ3n) is 2.45. The van der Waals surface area contributed by atoms with Crippen LogP contribution in [0.5, 0.6) is 0 Å². The lowest BCUT2D eigenvalue weighted by Crippen LogP contribution is -2.42. The van der Waals surface area contributed by atoms with Crippen LogP contribution in [0.1, 0.15) is 19.8 Å². The number of hydrogen-bond acceptors (Lipinski definition) is 2. The molecule has 4 heteroatoms. The van der Waals surface area contributed by atoms with Gasteiger partial charge in [-0.3, -0.25) is 4.79 Å². The van der Waals surface area contributed by atoms with E-state index in [4.69, 9.17) is 11.6 Å². The SMILES string of the molecule is C=C(Cl)CNC(=O)[C@H]1CCN[C@@H](C)C1. The second kappa shape index (κ2) is 5.37. The Morgan fingerprint density at radius 2 is 2.43 bits per heavy atom. The van der Waals surface area contributed by atoms with Gasteiger partial charge in [0.1, 0.15) is 0 Å². The Kier molecular flexibility index (Phi) is 4.42. The van der Waals surface area contributed by atoms with Crippen LogP contribution in [0.3, 0.4) is 0 Å². The van der Waals surface area contributed by atoms with Crippen molar-refractivity contribution in [2.75, 3.05) is 13.1 Å². The van der Waals surface area contributed by atoms with E-state index in [1.54, 1.807) is 0 Å². The van der Waals surface area contributed by atoms with Crippen molar-refractivity contribution in [1.82, 2.24) is 10.6 Å². The molecule has 3 nitrogen and oxygen atoms in total. The minimum atomic E-state index is 0.0974. The summed E-state index contributed by atoms with van der Waals surface area (Å²) in [5, 5.41) is 6.55. The van der Waals surface area contributed by atoms with Crippen LogP contribution < -0.4 is 10.6 Å². The summed E-state index contributed by atoms with van der Waals surface area (Å²) in [4.78, 5) is 11.6. The van der Waals surface area contributed by atoms with Gasteiger partial charge in [-0.1, -0.05) is 18.2 Å². The van der Waals surface area contributed by atoms with Gasteiger partial charge >= 0.3 is 0 Å². The van der Waals surface area contributed by atoms with E-state index in [1.807, 2.05) is 0 Å². The van der Waals surface area contributed by atoms with E-state index in [9.17, 15) is 4.79 Å². The molecule has 80 valence electrons. The number of rotatable bonds is 3. The molecule has 1 amide bonds. The molecular formula is C10H17ClN2O. The predicted molar refractivity (Wildman–Crippen MR) is 58.2 cm³/mol. The first-order valence-corrected chi connectivity index (χ1v) is 5.31. The van der Waals surface area contributed by atoms with Crippen molar-refractivity contribution in [3.05, 3.63) is 11.6 Å². The topological polar surface area (TPSA) is 41.1 Å². The van der Waals surface area contributed by atoms with E-state index in [-0.39, 0.29) is 11.8 Å². The maximum absolute atomic E-state index is 11.6. The third kappa shape index (κ3) is 3.68. The summed E-state index contributed by atoms with van der Waals surface area (Å²) in [7, 11) is 0. The van der Waals surface area contributed by atoms with Crippen molar-refractivity contribution in [3.8, 4) is 0 Å². The first-order chi connectivity index (χ1) is 6.59. The molecule has 0 aliphatic carbocycles. The van der Waals surface area contributed by atoms with E-state index in [0.717, 1.165) is 19.4 Å². The van der Waals surface area contributed by atoms with Gasteiger partial charge in [0, 0.05) is 17.0 Å². The van der Waals surface area contributed by atoms with Gasteiger partial charge in [-0.15, -0.1) is 0 Å². The molecule has 0 bridgehead atoms.